The van der Waals surface area contributed by atoms with Crippen molar-refractivity contribution in [3.8, 4) is 0 Å². The summed E-state index contributed by atoms with van der Waals surface area (Å²) in [5.41, 5.74) is 0.131. The first-order chi connectivity index (χ1) is 10.0. The maximum Gasteiger partial charge on any atom is 0.311 e. The van der Waals surface area contributed by atoms with Gasteiger partial charge >= 0.3 is 5.97 Å². The molecule has 21 heavy (non-hydrogen) atoms. The van der Waals surface area contributed by atoms with Crippen molar-refractivity contribution in [3.63, 3.8) is 0 Å². The van der Waals surface area contributed by atoms with Crippen LogP contribution < -0.4 is 5.32 Å². The number of amides is 1. The van der Waals surface area contributed by atoms with Gasteiger partial charge in [0, 0.05) is 0 Å². The van der Waals surface area contributed by atoms with Crippen LogP contribution in [0.25, 0.3) is 0 Å². The molecule has 3 rings (SSSR count). The van der Waals surface area contributed by atoms with Gasteiger partial charge in [0.25, 0.3) is 0 Å². The molecule has 1 aliphatic heterocycles. The molecule has 1 aromatic rings. The largest absolute Gasteiger partial charge is 0.481 e. The van der Waals surface area contributed by atoms with Crippen LogP contribution in [0.1, 0.15) is 18.4 Å². The average molecular weight is 293 g/mol. The van der Waals surface area contributed by atoms with Crippen molar-refractivity contribution in [2.45, 2.75) is 24.3 Å². The van der Waals surface area contributed by atoms with Crippen molar-refractivity contribution < 1.29 is 23.8 Å². The molecule has 112 valence electrons. The Morgan fingerprint density at radius 3 is 2.48 bits per heavy atom. The summed E-state index contributed by atoms with van der Waals surface area (Å²) in [5, 5.41) is 11.9. The Morgan fingerprint density at radius 2 is 1.90 bits per heavy atom. The molecule has 0 radical (unpaired) electrons. The zero-order valence-electron chi connectivity index (χ0n) is 11.3. The fourth-order valence-electron chi connectivity index (χ4n) is 2.79. The van der Waals surface area contributed by atoms with Gasteiger partial charge in [-0.3, -0.25) is 9.59 Å². The fourth-order valence-corrected chi connectivity index (χ4v) is 2.79. The Bertz CT molecular complexity index is 568. The number of carboxylic acids is 1. The maximum absolute atomic E-state index is 13.0. The van der Waals surface area contributed by atoms with Crippen LogP contribution in [0, 0.1) is 11.7 Å². The van der Waals surface area contributed by atoms with Crippen LogP contribution in [-0.4, -0.2) is 36.2 Å². The number of carboxylic acid groups (broad SMARTS) is 1. The third-order valence-corrected chi connectivity index (χ3v) is 4.30. The highest BCUT2D eigenvalue weighted by molar-refractivity contribution is 5.92. The molecule has 1 amide bonds. The monoisotopic (exact) mass is 293 g/mol. The lowest BCUT2D eigenvalue weighted by atomic mass is 9.93. The molecule has 2 unspecified atom stereocenters. The first kappa shape index (κ1) is 14.0. The average Bonchev–Trinajstić information content (AvgIpc) is 3.13. The number of hydrogen-bond donors (Lipinski definition) is 2. The standard InChI is InChI=1S/C15H16FNO4/c16-10-3-1-9(2-4-10)15(5-6-15)14(20)17-12-8-21-7-11(12)13(18)19/h1-4,11-12H,5-8H2,(H,17,20)(H,18,19). The number of aliphatic carboxylic acids is 1. The fraction of sp³-hybridized carbons (Fsp3) is 0.467. The maximum atomic E-state index is 13.0. The SMILES string of the molecule is O=C(O)C1COCC1NC(=O)C1(c2ccc(F)cc2)CC1. The van der Waals surface area contributed by atoms with Crippen LogP contribution in [-0.2, 0) is 19.7 Å². The molecular formula is C15H16FNO4. The summed E-state index contributed by atoms with van der Waals surface area (Å²) in [4.78, 5) is 23.6. The molecule has 5 nitrogen and oxygen atoms in total. The van der Waals surface area contributed by atoms with Crippen molar-refractivity contribution in [3.05, 3.63) is 35.6 Å². The van der Waals surface area contributed by atoms with E-state index in [0.717, 1.165) is 5.56 Å². The van der Waals surface area contributed by atoms with Gasteiger partial charge in [0.15, 0.2) is 0 Å². The van der Waals surface area contributed by atoms with E-state index in [2.05, 4.69) is 5.32 Å². The quantitative estimate of drug-likeness (QED) is 0.871. The number of hydrogen-bond acceptors (Lipinski definition) is 3. The Hall–Kier alpha value is -1.95. The van der Waals surface area contributed by atoms with Gasteiger partial charge in [-0.1, -0.05) is 12.1 Å². The second-order valence-corrected chi connectivity index (χ2v) is 5.65. The first-order valence-corrected chi connectivity index (χ1v) is 6.90. The van der Waals surface area contributed by atoms with Crippen LogP contribution in [0.15, 0.2) is 24.3 Å². The summed E-state index contributed by atoms with van der Waals surface area (Å²) < 4.78 is 18.1. The molecular weight excluding hydrogens is 277 g/mol. The minimum atomic E-state index is -0.968. The lowest BCUT2D eigenvalue weighted by molar-refractivity contribution is -0.142. The molecule has 0 aromatic heterocycles. The summed E-state index contributed by atoms with van der Waals surface area (Å²) in [7, 11) is 0. The molecule has 0 spiro atoms. The first-order valence-electron chi connectivity index (χ1n) is 6.90. The minimum absolute atomic E-state index is 0.115. The summed E-state index contributed by atoms with van der Waals surface area (Å²) in [6.45, 7) is 0.325. The molecule has 2 atom stereocenters. The molecule has 6 heteroatoms. The van der Waals surface area contributed by atoms with Gasteiger partial charge < -0.3 is 15.2 Å². The number of carbonyl (C=O) groups is 2. The molecule has 2 fully saturated rings. The van der Waals surface area contributed by atoms with Crippen molar-refractivity contribution >= 4 is 11.9 Å². The van der Waals surface area contributed by atoms with Crippen LogP contribution in [0.2, 0.25) is 0 Å². The number of benzene rings is 1. The lowest BCUT2D eigenvalue weighted by Gasteiger charge is -2.21. The molecule has 1 saturated heterocycles. The topological polar surface area (TPSA) is 75.6 Å². The third-order valence-electron chi connectivity index (χ3n) is 4.30. The van der Waals surface area contributed by atoms with Crippen LogP contribution in [0.5, 0.6) is 0 Å². The van der Waals surface area contributed by atoms with Crippen molar-refractivity contribution in [2.24, 2.45) is 5.92 Å². The van der Waals surface area contributed by atoms with E-state index in [1.807, 2.05) is 0 Å². The lowest BCUT2D eigenvalue weighted by Crippen LogP contribution is -2.46. The van der Waals surface area contributed by atoms with Crippen molar-refractivity contribution in [2.75, 3.05) is 13.2 Å². The van der Waals surface area contributed by atoms with Gasteiger partial charge in [0.2, 0.25) is 5.91 Å². The highest BCUT2D eigenvalue weighted by atomic mass is 19.1. The van der Waals surface area contributed by atoms with E-state index in [4.69, 9.17) is 9.84 Å². The Labute approximate surface area is 121 Å². The van der Waals surface area contributed by atoms with E-state index in [1.54, 1.807) is 12.1 Å². The second-order valence-electron chi connectivity index (χ2n) is 5.65. The molecule has 0 bridgehead atoms. The van der Waals surface area contributed by atoms with Gasteiger partial charge in [0.05, 0.1) is 24.7 Å². The predicted octanol–water partition coefficient (Wildman–Crippen LogP) is 1.07. The molecule has 1 aromatic carbocycles. The third kappa shape index (κ3) is 2.51. The summed E-state index contributed by atoms with van der Waals surface area (Å²) in [6.07, 6.45) is 1.38. The van der Waals surface area contributed by atoms with Crippen LogP contribution >= 0.6 is 0 Å². The van der Waals surface area contributed by atoms with E-state index in [1.165, 1.54) is 12.1 Å². The smallest absolute Gasteiger partial charge is 0.311 e. The predicted molar refractivity (Wildman–Crippen MR) is 71.2 cm³/mol. The van der Waals surface area contributed by atoms with E-state index in [0.29, 0.717) is 12.8 Å². The van der Waals surface area contributed by atoms with E-state index in [9.17, 15) is 14.0 Å². The van der Waals surface area contributed by atoms with Gasteiger partial charge in [-0.05, 0) is 30.5 Å². The Balaban J connectivity index is 1.73. The van der Waals surface area contributed by atoms with Gasteiger partial charge in [0.1, 0.15) is 11.7 Å². The van der Waals surface area contributed by atoms with E-state index < -0.39 is 23.3 Å². The van der Waals surface area contributed by atoms with Crippen molar-refractivity contribution in [1.82, 2.24) is 5.32 Å². The summed E-state index contributed by atoms with van der Waals surface area (Å²) >= 11 is 0. The highest BCUT2D eigenvalue weighted by Gasteiger charge is 2.52. The number of carbonyl (C=O) groups excluding carboxylic acids is 1. The van der Waals surface area contributed by atoms with E-state index in [-0.39, 0.29) is 24.9 Å². The van der Waals surface area contributed by atoms with E-state index >= 15 is 0 Å². The van der Waals surface area contributed by atoms with Gasteiger partial charge in [-0.15, -0.1) is 0 Å². The zero-order valence-corrected chi connectivity index (χ0v) is 11.3. The molecule has 2 aliphatic rings. The minimum Gasteiger partial charge on any atom is -0.481 e. The zero-order chi connectivity index (χ0) is 15.0. The molecule has 1 heterocycles. The van der Waals surface area contributed by atoms with Gasteiger partial charge in [-0.2, -0.15) is 0 Å². The molecule has 1 aliphatic carbocycles. The summed E-state index contributed by atoms with van der Waals surface area (Å²) in [6, 6.07) is 5.39. The Morgan fingerprint density at radius 1 is 1.24 bits per heavy atom. The number of nitrogens with one attached hydrogen (secondary N) is 1. The number of ether oxygens (including phenoxy) is 1. The van der Waals surface area contributed by atoms with Crippen LogP contribution in [0.3, 0.4) is 0 Å². The van der Waals surface area contributed by atoms with Crippen molar-refractivity contribution in [1.29, 1.82) is 0 Å². The molecule has 2 N–H and O–H groups in total. The van der Waals surface area contributed by atoms with Crippen LogP contribution in [0.4, 0.5) is 4.39 Å². The normalized spacial score (nSPS) is 26.3. The van der Waals surface area contributed by atoms with Gasteiger partial charge in [-0.25, -0.2) is 4.39 Å². The Kier molecular flexibility index (Phi) is 3.41. The number of rotatable bonds is 4. The second kappa shape index (κ2) is 5.11. The highest BCUT2D eigenvalue weighted by Crippen LogP contribution is 2.48. The summed E-state index contributed by atoms with van der Waals surface area (Å²) in [5.74, 6) is -2.22. The number of halogens is 1. The molecule has 1 saturated carbocycles.